The number of nitrogens with zero attached hydrogens (tertiary/aromatic N) is 2. The molecule has 1 aromatic heterocycles. The molecule has 142 valence electrons. The number of likely N-dealkylation sites (tertiary alicyclic amines) is 1. The van der Waals surface area contributed by atoms with Crippen LogP contribution >= 0.6 is 0 Å². The lowest BCUT2D eigenvalue weighted by atomic mass is 9.99. The van der Waals surface area contributed by atoms with E-state index in [2.05, 4.69) is 0 Å². The monoisotopic (exact) mass is 368 g/mol. The molecule has 1 atom stereocenters. The van der Waals surface area contributed by atoms with Crippen molar-refractivity contribution in [2.24, 2.45) is 0 Å². The molecule has 0 spiro atoms. The Bertz CT molecular complexity index is 851. The zero-order chi connectivity index (χ0) is 19.6. The molecule has 6 nitrogen and oxygen atoms in total. The first-order valence-electron chi connectivity index (χ1n) is 8.93. The molecule has 1 aliphatic heterocycles. The van der Waals surface area contributed by atoms with Crippen molar-refractivity contribution >= 4 is 17.4 Å². The largest absolute Gasteiger partial charge is 0.507 e. The van der Waals surface area contributed by atoms with E-state index < -0.39 is 17.7 Å². The minimum atomic E-state index is -0.719. The van der Waals surface area contributed by atoms with Crippen LogP contribution in [0.15, 0.2) is 52.7 Å². The van der Waals surface area contributed by atoms with E-state index in [0.29, 0.717) is 24.3 Å². The van der Waals surface area contributed by atoms with E-state index in [1.807, 2.05) is 38.1 Å². The van der Waals surface area contributed by atoms with E-state index in [-0.39, 0.29) is 11.3 Å². The van der Waals surface area contributed by atoms with Crippen LogP contribution in [0.2, 0.25) is 0 Å². The van der Waals surface area contributed by atoms with E-state index in [1.165, 1.54) is 11.2 Å². The number of amides is 1. The minimum absolute atomic E-state index is 0.0728. The van der Waals surface area contributed by atoms with Crippen LogP contribution in [0.25, 0.3) is 5.76 Å². The number of rotatable bonds is 6. The molecule has 0 radical (unpaired) electrons. The van der Waals surface area contributed by atoms with E-state index in [1.54, 1.807) is 24.3 Å². The Labute approximate surface area is 158 Å². The van der Waals surface area contributed by atoms with Gasteiger partial charge in [0.25, 0.3) is 11.7 Å². The highest BCUT2D eigenvalue weighted by Crippen LogP contribution is 2.39. The van der Waals surface area contributed by atoms with Gasteiger partial charge in [-0.2, -0.15) is 0 Å². The second-order valence-electron chi connectivity index (χ2n) is 7.03. The predicted octanol–water partition coefficient (Wildman–Crippen LogP) is 2.96. The molecular weight excluding hydrogens is 344 g/mol. The standard InChI is InChI=1S/C21H24N2O4/c1-14-7-9-15(10-8-14)19(24)17-18(16-6-4-13-27-16)23(21(26)20(17)25)12-5-11-22(2)3/h4,6-10,13,18,24H,5,11-12H2,1-3H3/b19-17+/t18-/m1/s1. The molecule has 0 unspecified atom stereocenters. The van der Waals surface area contributed by atoms with Crippen LogP contribution in [0.1, 0.15) is 29.3 Å². The third kappa shape index (κ3) is 3.80. The quantitative estimate of drug-likeness (QED) is 0.482. The van der Waals surface area contributed by atoms with Gasteiger partial charge in [-0.15, -0.1) is 0 Å². The summed E-state index contributed by atoms with van der Waals surface area (Å²) in [4.78, 5) is 28.9. The number of carbonyl (C=O) groups excluding carboxylic acids is 2. The van der Waals surface area contributed by atoms with Gasteiger partial charge >= 0.3 is 0 Å². The summed E-state index contributed by atoms with van der Waals surface area (Å²) in [5.74, 6) is -0.999. The Morgan fingerprint density at radius 1 is 1.19 bits per heavy atom. The fourth-order valence-corrected chi connectivity index (χ4v) is 3.28. The normalized spacial score (nSPS) is 19.3. The lowest BCUT2D eigenvalue weighted by Gasteiger charge is -2.24. The van der Waals surface area contributed by atoms with Gasteiger partial charge in [0.1, 0.15) is 17.6 Å². The van der Waals surface area contributed by atoms with Crippen LogP contribution in [0.5, 0.6) is 0 Å². The third-order valence-corrected chi connectivity index (χ3v) is 4.68. The summed E-state index contributed by atoms with van der Waals surface area (Å²) < 4.78 is 5.51. The van der Waals surface area contributed by atoms with Crippen molar-refractivity contribution in [2.75, 3.05) is 27.2 Å². The van der Waals surface area contributed by atoms with Crippen LogP contribution in [0.4, 0.5) is 0 Å². The molecule has 27 heavy (non-hydrogen) atoms. The summed E-state index contributed by atoms with van der Waals surface area (Å²) in [6.45, 7) is 3.13. The van der Waals surface area contributed by atoms with Gasteiger partial charge in [0.2, 0.25) is 0 Å². The summed E-state index contributed by atoms with van der Waals surface area (Å²) in [5, 5.41) is 10.8. The maximum Gasteiger partial charge on any atom is 0.295 e. The van der Waals surface area contributed by atoms with E-state index in [4.69, 9.17) is 4.42 Å². The maximum atomic E-state index is 12.7. The molecule has 2 aromatic rings. The molecule has 1 N–H and O–H groups in total. The van der Waals surface area contributed by atoms with Gasteiger partial charge in [-0.25, -0.2) is 0 Å². The average Bonchev–Trinajstić information content (AvgIpc) is 3.24. The van der Waals surface area contributed by atoms with Gasteiger partial charge in [-0.1, -0.05) is 29.8 Å². The van der Waals surface area contributed by atoms with Gasteiger partial charge in [0, 0.05) is 12.1 Å². The molecule has 2 heterocycles. The molecule has 0 saturated carbocycles. The summed E-state index contributed by atoms with van der Waals surface area (Å²) in [6.07, 6.45) is 2.21. The Morgan fingerprint density at radius 3 is 2.48 bits per heavy atom. The molecule has 1 aliphatic rings. The molecule has 1 amide bonds. The highest BCUT2D eigenvalue weighted by molar-refractivity contribution is 6.46. The van der Waals surface area contributed by atoms with Crippen molar-refractivity contribution in [3.8, 4) is 0 Å². The van der Waals surface area contributed by atoms with Gasteiger partial charge < -0.3 is 19.3 Å². The van der Waals surface area contributed by atoms with Crippen molar-refractivity contribution in [1.82, 2.24) is 9.80 Å². The van der Waals surface area contributed by atoms with Crippen molar-refractivity contribution in [2.45, 2.75) is 19.4 Å². The molecule has 1 aromatic carbocycles. The minimum Gasteiger partial charge on any atom is -0.507 e. The molecule has 3 rings (SSSR count). The molecule has 0 aliphatic carbocycles. The Kier molecular flexibility index (Phi) is 5.46. The van der Waals surface area contributed by atoms with E-state index >= 15 is 0 Å². The molecule has 1 fully saturated rings. The van der Waals surface area contributed by atoms with Crippen molar-refractivity contribution < 1.29 is 19.1 Å². The first-order chi connectivity index (χ1) is 12.9. The first-order valence-corrected chi connectivity index (χ1v) is 8.93. The average molecular weight is 368 g/mol. The summed E-state index contributed by atoms with van der Waals surface area (Å²) in [6, 6.07) is 9.89. The Balaban J connectivity index is 2.03. The van der Waals surface area contributed by atoms with Crippen LogP contribution in [-0.4, -0.2) is 53.8 Å². The van der Waals surface area contributed by atoms with Crippen LogP contribution in [0, 0.1) is 6.92 Å². The third-order valence-electron chi connectivity index (χ3n) is 4.68. The maximum absolute atomic E-state index is 12.7. The number of hydrogen-bond acceptors (Lipinski definition) is 5. The number of benzene rings is 1. The summed E-state index contributed by atoms with van der Waals surface area (Å²) >= 11 is 0. The molecular formula is C21H24N2O4. The van der Waals surface area contributed by atoms with Crippen LogP contribution in [0.3, 0.4) is 0 Å². The molecule has 1 saturated heterocycles. The molecule has 6 heteroatoms. The van der Waals surface area contributed by atoms with Gasteiger partial charge in [-0.05, 0) is 46.1 Å². The number of hydrogen-bond donors (Lipinski definition) is 1. The number of aryl methyl sites for hydroxylation is 1. The smallest absolute Gasteiger partial charge is 0.295 e. The van der Waals surface area contributed by atoms with Gasteiger partial charge in [0.15, 0.2) is 0 Å². The van der Waals surface area contributed by atoms with Crippen molar-refractivity contribution in [3.05, 3.63) is 65.1 Å². The first kappa shape index (κ1) is 18.9. The van der Waals surface area contributed by atoms with Crippen LogP contribution in [-0.2, 0) is 9.59 Å². The van der Waals surface area contributed by atoms with Crippen molar-refractivity contribution in [3.63, 3.8) is 0 Å². The second-order valence-corrected chi connectivity index (χ2v) is 7.03. The lowest BCUT2D eigenvalue weighted by Crippen LogP contribution is -2.32. The summed E-state index contributed by atoms with van der Waals surface area (Å²) in [7, 11) is 3.91. The van der Waals surface area contributed by atoms with Gasteiger partial charge in [-0.3, -0.25) is 9.59 Å². The Hall–Kier alpha value is -2.86. The fourth-order valence-electron chi connectivity index (χ4n) is 3.28. The number of furan rings is 1. The topological polar surface area (TPSA) is 74.0 Å². The summed E-state index contributed by atoms with van der Waals surface area (Å²) in [5.41, 5.74) is 1.62. The number of carbonyl (C=O) groups is 2. The van der Waals surface area contributed by atoms with E-state index in [0.717, 1.165) is 12.1 Å². The fraction of sp³-hybridized carbons (Fsp3) is 0.333. The predicted molar refractivity (Wildman–Crippen MR) is 102 cm³/mol. The van der Waals surface area contributed by atoms with E-state index in [9.17, 15) is 14.7 Å². The Morgan fingerprint density at radius 2 is 1.89 bits per heavy atom. The zero-order valence-corrected chi connectivity index (χ0v) is 15.8. The zero-order valence-electron chi connectivity index (χ0n) is 15.8. The second kappa shape index (κ2) is 7.80. The number of Topliss-reactive ketones (excluding diaryl/α,β-unsaturated/α-hetero) is 1. The van der Waals surface area contributed by atoms with Crippen LogP contribution < -0.4 is 0 Å². The highest BCUT2D eigenvalue weighted by atomic mass is 16.3. The number of aliphatic hydroxyl groups excluding tert-OH is 1. The van der Waals surface area contributed by atoms with Crippen molar-refractivity contribution in [1.29, 1.82) is 0 Å². The lowest BCUT2D eigenvalue weighted by molar-refractivity contribution is -0.140. The van der Waals surface area contributed by atoms with Gasteiger partial charge in [0.05, 0.1) is 11.8 Å². The number of aliphatic hydroxyl groups is 1. The highest BCUT2D eigenvalue weighted by Gasteiger charge is 2.47. The molecule has 0 bridgehead atoms. The number of ketones is 1. The SMILES string of the molecule is Cc1ccc(/C(O)=C2\C(=O)C(=O)N(CCCN(C)C)[C@@H]2c2ccco2)cc1.